The van der Waals surface area contributed by atoms with Crippen molar-refractivity contribution >= 4 is 0 Å². The second-order valence-electron chi connectivity index (χ2n) is 5.72. The first-order chi connectivity index (χ1) is 9.11. The standard InChI is InChI=1S/C16H23F2N/c1-3-4-11(2)15(10-19-13-6-7-13)14-8-5-12(17)9-16(14)18/h5,8-9,11,13,15,19H,3-4,6-7,10H2,1-2H3. The minimum Gasteiger partial charge on any atom is -0.313 e. The zero-order chi connectivity index (χ0) is 13.8. The van der Waals surface area contributed by atoms with Crippen LogP contribution in [0.3, 0.4) is 0 Å². The van der Waals surface area contributed by atoms with Gasteiger partial charge in [-0.1, -0.05) is 32.8 Å². The summed E-state index contributed by atoms with van der Waals surface area (Å²) in [7, 11) is 0. The van der Waals surface area contributed by atoms with Crippen LogP contribution in [0.25, 0.3) is 0 Å². The van der Waals surface area contributed by atoms with Gasteiger partial charge in [-0.25, -0.2) is 8.78 Å². The number of benzene rings is 1. The molecule has 0 saturated heterocycles. The van der Waals surface area contributed by atoms with Crippen LogP contribution in [0.5, 0.6) is 0 Å². The maximum Gasteiger partial charge on any atom is 0.129 e. The molecule has 0 bridgehead atoms. The van der Waals surface area contributed by atoms with E-state index in [0.29, 0.717) is 17.5 Å². The molecule has 1 fully saturated rings. The highest BCUT2D eigenvalue weighted by atomic mass is 19.1. The van der Waals surface area contributed by atoms with E-state index in [0.717, 1.165) is 25.5 Å². The number of hydrogen-bond acceptors (Lipinski definition) is 1. The predicted octanol–water partition coefficient (Wildman–Crippen LogP) is 4.24. The molecule has 19 heavy (non-hydrogen) atoms. The molecule has 3 heteroatoms. The molecule has 2 unspecified atom stereocenters. The normalized spacial score (nSPS) is 18.3. The van der Waals surface area contributed by atoms with Gasteiger partial charge in [-0.15, -0.1) is 0 Å². The molecule has 1 N–H and O–H groups in total. The molecule has 1 nitrogen and oxygen atoms in total. The minimum absolute atomic E-state index is 0.126. The molecule has 2 rings (SSSR count). The van der Waals surface area contributed by atoms with E-state index in [9.17, 15) is 8.78 Å². The molecule has 2 atom stereocenters. The summed E-state index contributed by atoms with van der Waals surface area (Å²) in [6, 6.07) is 4.58. The van der Waals surface area contributed by atoms with E-state index in [1.165, 1.54) is 18.9 Å². The van der Waals surface area contributed by atoms with Gasteiger partial charge in [0.05, 0.1) is 0 Å². The fourth-order valence-electron chi connectivity index (χ4n) is 2.66. The first-order valence-electron chi connectivity index (χ1n) is 7.30. The van der Waals surface area contributed by atoms with Crippen molar-refractivity contribution in [3.8, 4) is 0 Å². The zero-order valence-corrected chi connectivity index (χ0v) is 11.8. The van der Waals surface area contributed by atoms with Gasteiger partial charge in [-0.05, 0) is 30.4 Å². The van der Waals surface area contributed by atoms with Crippen LogP contribution in [0.1, 0.15) is 51.0 Å². The van der Waals surface area contributed by atoms with Gasteiger partial charge in [0, 0.05) is 24.6 Å². The van der Waals surface area contributed by atoms with Gasteiger partial charge in [0.25, 0.3) is 0 Å². The van der Waals surface area contributed by atoms with Crippen molar-refractivity contribution < 1.29 is 8.78 Å². The molecule has 1 saturated carbocycles. The Morgan fingerprint density at radius 3 is 2.63 bits per heavy atom. The van der Waals surface area contributed by atoms with Gasteiger partial charge in [-0.3, -0.25) is 0 Å². The minimum atomic E-state index is -0.502. The lowest BCUT2D eigenvalue weighted by Crippen LogP contribution is -2.28. The molecular weight excluding hydrogens is 244 g/mol. The summed E-state index contributed by atoms with van der Waals surface area (Å²) >= 11 is 0. The average Bonchev–Trinajstić information content (AvgIpc) is 3.16. The maximum absolute atomic E-state index is 14.0. The Labute approximate surface area is 114 Å². The van der Waals surface area contributed by atoms with E-state index >= 15 is 0 Å². The molecule has 0 radical (unpaired) electrons. The first-order valence-corrected chi connectivity index (χ1v) is 7.30. The third-order valence-electron chi connectivity index (χ3n) is 4.00. The zero-order valence-electron chi connectivity index (χ0n) is 11.8. The summed E-state index contributed by atoms with van der Waals surface area (Å²) in [4.78, 5) is 0. The van der Waals surface area contributed by atoms with Crippen LogP contribution >= 0.6 is 0 Å². The Balaban J connectivity index is 2.13. The van der Waals surface area contributed by atoms with Crippen molar-refractivity contribution in [3.05, 3.63) is 35.4 Å². The molecule has 0 amide bonds. The maximum atomic E-state index is 14.0. The number of hydrogen-bond donors (Lipinski definition) is 1. The van der Waals surface area contributed by atoms with Crippen molar-refractivity contribution in [1.82, 2.24) is 5.32 Å². The molecule has 0 aromatic heterocycles. The Morgan fingerprint density at radius 2 is 2.05 bits per heavy atom. The second-order valence-corrected chi connectivity index (χ2v) is 5.72. The number of nitrogens with one attached hydrogen (secondary N) is 1. The van der Waals surface area contributed by atoms with Crippen LogP contribution in [0.2, 0.25) is 0 Å². The molecular formula is C16H23F2N. The summed E-state index contributed by atoms with van der Waals surface area (Å²) in [5, 5.41) is 3.48. The SMILES string of the molecule is CCCC(C)C(CNC1CC1)c1ccc(F)cc1F. The molecule has 0 aliphatic heterocycles. The lowest BCUT2D eigenvalue weighted by atomic mass is 9.84. The van der Waals surface area contributed by atoms with Crippen molar-refractivity contribution in [1.29, 1.82) is 0 Å². The highest BCUT2D eigenvalue weighted by Gasteiger charge is 2.26. The van der Waals surface area contributed by atoms with Crippen LogP contribution in [0.15, 0.2) is 18.2 Å². The van der Waals surface area contributed by atoms with E-state index in [4.69, 9.17) is 0 Å². The Bertz CT molecular complexity index is 415. The van der Waals surface area contributed by atoms with Crippen LogP contribution in [-0.2, 0) is 0 Å². The molecule has 0 spiro atoms. The average molecular weight is 267 g/mol. The van der Waals surface area contributed by atoms with Gasteiger partial charge >= 0.3 is 0 Å². The van der Waals surface area contributed by atoms with Crippen LogP contribution in [0, 0.1) is 17.6 Å². The quantitative estimate of drug-likeness (QED) is 0.779. The lowest BCUT2D eigenvalue weighted by molar-refractivity contribution is 0.390. The molecule has 1 aromatic rings. The summed E-state index contributed by atoms with van der Waals surface area (Å²) in [5.74, 6) is -0.388. The number of rotatable bonds is 7. The van der Waals surface area contributed by atoms with E-state index in [2.05, 4.69) is 19.2 Å². The molecule has 1 aliphatic carbocycles. The van der Waals surface area contributed by atoms with E-state index in [1.54, 1.807) is 6.07 Å². The van der Waals surface area contributed by atoms with E-state index in [1.807, 2.05) is 0 Å². The van der Waals surface area contributed by atoms with Crippen LogP contribution < -0.4 is 5.32 Å². The molecule has 106 valence electrons. The highest BCUT2D eigenvalue weighted by Crippen LogP contribution is 2.31. The molecule has 1 aliphatic rings. The fourth-order valence-corrected chi connectivity index (χ4v) is 2.66. The smallest absolute Gasteiger partial charge is 0.129 e. The highest BCUT2D eigenvalue weighted by molar-refractivity contribution is 5.24. The second kappa shape index (κ2) is 6.47. The van der Waals surface area contributed by atoms with E-state index in [-0.39, 0.29) is 5.92 Å². The fraction of sp³-hybridized carbons (Fsp3) is 0.625. The largest absolute Gasteiger partial charge is 0.313 e. The third kappa shape index (κ3) is 4.00. The lowest BCUT2D eigenvalue weighted by Gasteiger charge is -2.25. The summed E-state index contributed by atoms with van der Waals surface area (Å²) < 4.78 is 27.0. The van der Waals surface area contributed by atoms with Crippen LogP contribution in [-0.4, -0.2) is 12.6 Å². The summed E-state index contributed by atoms with van der Waals surface area (Å²) in [6.45, 7) is 5.09. The van der Waals surface area contributed by atoms with E-state index < -0.39 is 11.6 Å². The van der Waals surface area contributed by atoms with Gasteiger partial charge in [-0.2, -0.15) is 0 Å². The molecule has 0 heterocycles. The monoisotopic (exact) mass is 267 g/mol. The Hall–Kier alpha value is -0.960. The first kappa shape index (κ1) is 14.4. The van der Waals surface area contributed by atoms with Crippen molar-refractivity contribution in [2.24, 2.45) is 5.92 Å². The predicted molar refractivity (Wildman–Crippen MR) is 74.2 cm³/mol. The van der Waals surface area contributed by atoms with Crippen molar-refractivity contribution in [2.45, 2.75) is 51.5 Å². The van der Waals surface area contributed by atoms with Crippen molar-refractivity contribution in [2.75, 3.05) is 6.54 Å². The molecule has 1 aromatic carbocycles. The van der Waals surface area contributed by atoms with Gasteiger partial charge < -0.3 is 5.32 Å². The third-order valence-corrected chi connectivity index (χ3v) is 4.00. The summed E-state index contributed by atoms with van der Waals surface area (Å²) in [6.07, 6.45) is 4.60. The number of halogens is 2. The van der Waals surface area contributed by atoms with Crippen molar-refractivity contribution in [3.63, 3.8) is 0 Å². The van der Waals surface area contributed by atoms with Gasteiger partial charge in [0.1, 0.15) is 11.6 Å². The van der Waals surface area contributed by atoms with Gasteiger partial charge in [0.15, 0.2) is 0 Å². The van der Waals surface area contributed by atoms with Crippen LogP contribution in [0.4, 0.5) is 8.78 Å². The topological polar surface area (TPSA) is 12.0 Å². The summed E-state index contributed by atoms with van der Waals surface area (Å²) in [5.41, 5.74) is 0.649. The Kier molecular flexibility index (Phi) is 4.92. The van der Waals surface area contributed by atoms with Gasteiger partial charge in [0.2, 0.25) is 0 Å². The Morgan fingerprint density at radius 1 is 1.32 bits per heavy atom.